The van der Waals surface area contributed by atoms with E-state index in [-0.39, 0.29) is 18.2 Å². The molecule has 0 radical (unpaired) electrons. The van der Waals surface area contributed by atoms with Crippen molar-refractivity contribution in [2.24, 2.45) is 5.92 Å². The number of rotatable bonds is 8. The van der Waals surface area contributed by atoms with E-state index in [2.05, 4.69) is 5.32 Å². The number of aryl methyl sites for hydroxylation is 1. The van der Waals surface area contributed by atoms with Gasteiger partial charge in [-0.05, 0) is 43.9 Å². The molecule has 2 N–H and O–H groups in total. The molecule has 1 saturated heterocycles. The largest absolute Gasteiger partial charge is 0.494 e. The van der Waals surface area contributed by atoms with Gasteiger partial charge in [-0.15, -0.1) is 0 Å². The third-order valence-corrected chi connectivity index (χ3v) is 4.12. The Morgan fingerprint density at radius 2 is 2.12 bits per heavy atom. The van der Waals surface area contributed by atoms with Gasteiger partial charge in [0.25, 0.3) is 0 Å². The summed E-state index contributed by atoms with van der Waals surface area (Å²) >= 11 is 0. The fourth-order valence-electron chi connectivity index (χ4n) is 2.83. The zero-order valence-corrected chi connectivity index (χ0v) is 14.0. The Labute approximate surface area is 142 Å². The highest BCUT2D eigenvalue weighted by Gasteiger charge is 2.31. The summed E-state index contributed by atoms with van der Waals surface area (Å²) in [7, 11) is 0. The lowest BCUT2D eigenvalue weighted by Gasteiger charge is -2.28. The van der Waals surface area contributed by atoms with Crippen molar-refractivity contribution in [3.8, 4) is 5.75 Å². The summed E-state index contributed by atoms with van der Waals surface area (Å²) in [6.45, 7) is 3.59. The standard InChI is InChI=1S/C18H25NO5/c1-2-24-15-8-5-13(6-9-15)7-10-16(20)19-17(18(21)22)14-4-3-11-23-12-14/h5-6,8-9,14,17H,2-4,7,10-12H2,1H3,(H,19,20)(H,21,22). The molecule has 0 aliphatic carbocycles. The highest BCUT2D eigenvalue weighted by Crippen LogP contribution is 2.18. The second kappa shape index (κ2) is 9.27. The Kier molecular flexibility index (Phi) is 7.06. The first-order chi connectivity index (χ1) is 11.6. The number of carboxylic acids is 1. The van der Waals surface area contributed by atoms with Crippen LogP contribution in [0.15, 0.2) is 24.3 Å². The first-order valence-corrected chi connectivity index (χ1v) is 8.41. The number of amides is 1. The van der Waals surface area contributed by atoms with Gasteiger partial charge in [-0.25, -0.2) is 4.79 Å². The number of aliphatic carboxylic acids is 1. The molecule has 1 fully saturated rings. The average Bonchev–Trinajstić information content (AvgIpc) is 2.60. The summed E-state index contributed by atoms with van der Waals surface area (Å²) < 4.78 is 10.7. The quantitative estimate of drug-likeness (QED) is 0.759. The number of carbonyl (C=O) groups is 2. The molecule has 6 nitrogen and oxygen atoms in total. The number of hydrogen-bond acceptors (Lipinski definition) is 4. The lowest BCUT2D eigenvalue weighted by atomic mass is 9.93. The molecule has 0 bridgehead atoms. The van der Waals surface area contributed by atoms with E-state index in [0.717, 1.165) is 24.2 Å². The van der Waals surface area contributed by atoms with Crippen molar-refractivity contribution in [3.05, 3.63) is 29.8 Å². The summed E-state index contributed by atoms with van der Waals surface area (Å²) in [6.07, 6.45) is 2.41. The maximum absolute atomic E-state index is 12.1. The summed E-state index contributed by atoms with van der Waals surface area (Å²) in [5, 5.41) is 12.0. The Balaban J connectivity index is 1.83. The van der Waals surface area contributed by atoms with Crippen molar-refractivity contribution in [2.75, 3.05) is 19.8 Å². The summed E-state index contributed by atoms with van der Waals surface area (Å²) in [4.78, 5) is 23.5. The van der Waals surface area contributed by atoms with Gasteiger partial charge in [-0.2, -0.15) is 0 Å². The van der Waals surface area contributed by atoms with E-state index in [1.807, 2.05) is 31.2 Å². The predicted octanol–water partition coefficient (Wildman–Crippen LogP) is 2.01. The van der Waals surface area contributed by atoms with Crippen LogP contribution in [0.3, 0.4) is 0 Å². The molecule has 1 amide bonds. The van der Waals surface area contributed by atoms with Gasteiger partial charge < -0.3 is 19.9 Å². The monoisotopic (exact) mass is 335 g/mol. The van der Waals surface area contributed by atoms with Crippen molar-refractivity contribution < 1.29 is 24.2 Å². The van der Waals surface area contributed by atoms with Crippen molar-refractivity contribution in [1.82, 2.24) is 5.32 Å². The second-order valence-corrected chi connectivity index (χ2v) is 5.94. The molecular weight excluding hydrogens is 310 g/mol. The normalized spacial score (nSPS) is 18.6. The number of nitrogens with one attached hydrogen (secondary N) is 1. The zero-order valence-electron chi connectivity index (χ0n) is 14.0. The number of ether oxygens (including phenoxy) is 2. The third-order valence-electron chi connectivity index (χ3n) is 4.12. The highest BCUT2D eigenvalue weighted by atomic mass is 16.5. The van der Waals surface area contributed by atoms with Gasteiger partial charge in [0.1, 0.15) is 11.8 Å². The summed E-state index contributed by atoms with van der Waals surface area (Å²) in [5.41, 5.74) is 1.02. The van der Waals surface area contributed by atoms with Gasteiger partial charge in [-0.3, -0.25) is 4.79 Å². The van der Waals surface area contributed by atoms with Crippen molar-refractivity contribution in [1.29, 1.82) is 0 Å². The highest BCUT2D eigenvalue weighted by molar-refractivity contribution is 5.83. The van der Waals surface area contributed by atoms with Gasteiger partial charge in [0.2, 0.25) is 5.91 Å². The van der Waals surface area contributed by atoms with Gasteiger partial charge in [-0.1, -0.05) is 12.1 Å². The summed E-state index contributed by atoms with van der Waals surface area (Å²) in [5.74, 6) is -0.610. The maximum atomic E-state index is 12.1. The minimum Gasteiger partial charge on any atom is -0.494 e. The fraction of sp³-hybridized carbons (Fsp3) is 0.556. The van der Waals surface area contributed by atoms with Crippen LogP contribution in [0.2, 0.25) is 0 Å². The van der Waals surface area contributed by atoms with Gasteiger partial charge >= 0.3 is 5.97 Å². The molecule has 2 atom stereocenters. The number of carboxylic acid groups (broad SMARTS) is 1. The van der Waals surface area contributed by atoms with Crippen LogP contribution in [0.25, 0.3) is 0 Å². The van der Waals surface area contributed by atoms with Crippen molar-refractivity contribution in [3.63, 3.8) is 0 Å². The molecule has 0 saturated carbocycles. The Morgan fingerprint density at radius 1 is 1.38 bits per heavy atom. The van der Waals surface area contributed by atoms with E-state index in [1.54, 1.807) is 0 Å². The van der Waals surface area contributed by atoms with E-state index in [1.165, 1.54) is 0 Å². The lowest BCUT2D eigenvalue weighted by molar-refractivity contribution is -0.145. The fourth-order valence-corrected chi connectivity index (χ4v) is 2.83. The molecule has 2 rings (SSSR count). The van der Waals surface area contributed by atoms with Crippen molar-refractivity contribution in [2.45, 2.75) is 38.6 Å². The van der Waals surface area contributed by atoms with Crippen molar-refractivity contribution >= 4 is 11.9 Å². The molecule has 1 aromatic rings. The Morgan fingerprint density at radius 3 is 2.71 bits per heavy atom. The number of hydrogen-bond donors (Lipinski definition) is 2. The van der Waals surface area contributed by atoms with E-state index in [4.69, 9.17) is 9.47 Å². The molecule has 1 heterocycles. The van der Waals surface area contributed by atoms with Crippen LogP contribution in [0, 0.1) is 5.92 Å². The van der Waals surface area contributed by atoms with Gasteiger partial charge in [0, 0.05) is 18.9 Å². The van der Waals surface area contributed by atoms with Gasteiger partial charge in [0.15, 0.2) is 0 Å². The van der Waals surface area contributed by atoms with E-state index in [0.29, 0.717) is 26.2 Å². The van der Waals surface area contributed by atoms with Gasteiger partial charge in [0.05, 0.1) is 13.2 Å². The third kappa shape index (κ3) is 5.53. The van der Waals surface area contributed by atoms with Crippen LogP contribution in [0.5, 0.6) is 5.75 Å². The molecule has 0 aromatic heterocycles. The minimum absolute atomic E-state index is 0.161. The Hall–Kier alpha value is -2.08. The Bertz CT molecular complexity index is 537. The molecule has 0 spiro atoms. The molecule has 2 unspecified atom stereocenters. The molecule has 1 aromatic carbocycles. The van der Waals surface area contributed by atoms with Crippen LogP contribution in [-0.4, -0.2) is 42.8 Å². The second-order valence-electron chi connectivity index (χ2n) is 5.94. The first kappa shape index (κ1) is 18.3. The minimum atomic E-state index is -1.00. The van der Waals surface area contributed by atoms with E-state index < -0.39 is 12.0 Å². The van der Waals surface area contributed by atoms with Crippen LogP contribution < -0.4 is 10.1 Å². The molecule has 24 heavy (non-hydrogen) atoms. The molecule has 1 aliphatic rings. The number of benzene rings is 1. The molecule has 132 valence electrons. The predicted molar refractivity (Wildman–Crippen MR) is 89.0 cm³/mol. The number of carbonyl (C=O) groups excluding carboxylic acids is 1. The van der Waals surface area contributed by atoms with E-state index in [9.17, 15) is 14.7 Å². The summed E-state index contributed by atoms with van der Waals surface area (Å²) in [6, 6.07) is 6.70. The van der Waals surface area contributed by atoms with Crippen LogP contribution in [-0.2, 0) is 20.7 Å². The molecule has 1 aliphatic heterocycles. The maximum Gasteiger partial charge on any atom is 0.326 e. The van der Waals surface area contributed by atoms with E-state index >= 15 is 0 Å². The zero-order chi connectivity index (χ0) is 17.4. The lowest BCUT2D eigenvalue weighted by Crippen LogP contribution is -2.48. The first-order valence-electron chi connectivity index (χ1n) is 8.41. The average molecular weight is 335 g/mol. The van der Waals surface area contributed by atoms with Crippen LogP contribution in [0.1, 0.15) is 31.7 Å². The molecular formula is C18H25NO5. The SMILES string of the molecule is CCOc1ccc(CCC(=O)NC(C(=O)O)C2CCCOC2)cc1. The molecule has 6 heteroatoms. The smallest absolute Gasteiger partial charge is 0.326 e. The van der Waals surface area contributed by atoms with Crippen LogP contribution in [0.4, 0.5) is 0 Å². The van der Waals surface area contributed by atoms with Crippen LogP contribution >= 0.6 is 0 Å². The topological polar surface area (TPSA) is 84.9 Å².